The molecule has 0 aromatic carbocycles. The van der Waals surface area contributed by atoms with E-state index in [2.05, 4.69) is 16.4 Å². The number of hydrogen-bond acceptors (Lipinski definition) is 2. The number of nitrogens with zero attached hydrogens (tertiary/aromatic N) is 1. The third-order valence-corrected chi connectivity index (χ3v) is 0.964. The van der Waals surface area contributed by atoms with Crippen LogP contribution in [0, 0.1) is 0 Å². The molecule has 0 unspecified atom stereocenters. The lowest BCUT2D eigenvalue weighted by Gasteiger charge is -2.15. The number of amides is 1. The van der Waals surface area contributed by atoms with Gasteiger partial charge in [-0.05, 0) is 11.6 Å². The molecule has 0 rings (SSSR count). The Kier molecular flexibility index (Phi) is 2.98. The first-order chi connectivity index (χ1) is 4.39. The van der Waals surface area contributed by atoms with Crippen LogP contribution in [0.3, 0.4) is 0 Å². The Balaban J connectivity index is 4.09. The van der Waals surface area contributed by atoms with Crippen molar-refractivity contribution in [3.05, 3.63) is 0 Å². The fourth-order valence-corrected chi connectivity index (χ4v) is 0.380. The van der Waals surface area contributed by atoms with Crippen LogP contribution in [0.4, 0.5) is 8.78 Å². The summed E-state index contributed by atoms with van der Waals surface area (Å²) in [5, 5.41) is -3.53. The smallest absolute Gasteiger partial charge is 0.274 e. The molecule has 0 radical (unpaired) electrons. The summed E-state index contributed by atoms with van der Waals surface area (Å²) in [6.45, 7) is 0. The minimum absolute atomic E-state index is 0.354. The Labute approximate surface area is 61.5 Å². The zero-order valence-electron chi connectivity index (χ0n) is 5.40. The van der Waals surface area contributed by atoms with Crippen molar-refractivity contribution < 1.29 is 18.4 Å². The van der Waals surface area contributed by atoms with Gasteiger partial charge in [-0.2, -0.15) is 8.78 Å². The van der Waals surface area contributed by atoms with E-state index in [1.165, 1.54) is 0 Å². The molecule has 6 heteroatoms. The maximum Gasteiger partial charge on any atom is 0.402 e. The number of halogens is 3. The fourth-order valence-electron chi connectivity index (χ4n) is 0.261. The molecule has 3 nitrogen and oxygen atoms in total. The summed E-state index contributed by atoms with van der Waals surface area (Å²) in [4.78, 5) is 14.5. The van der Waals surface area contributed by atoms with Crippen molar-refractivity contribution in [3.63, 3.8) is 0 Å². The maximum atomic E-state index is 11.8. The lowest BCUT2D eigenvalue weighted by Crippen LogP contribution is -2.36. The highest BCUT2D eigenvalue weighted by atomic mass is 35.5. The molecule has 10 heavy (non-hydrogen) atoms. The number of alkyl halides is 3. The molecule has 0 N–H and O–H groups in total. The fraction of sp³-hybridized carbons (Fsp3) is 0.750. The zero-order chi connectivity index (χ0) is 8.36. The molecule has 0 aromatic rings. The Morgan fingerprint density at radius 1 is 1.70 bits per heavy atom. The Morgan fingerprint density at radius 3 is 2.20 bits per heavy atom. The number of carbonyl (C=O) groups is 1. The van der Waals surface area contributed by atoms with Gasteiger partial charge in [-0.1, -0.05) is 0 Å². The van der Waals surface area contributed by atoms with Gasteiger partial charge in [-0.3, -0.25) is 9.63 Å². The van der Waals surface area contributed by atoms with Crippen molar-refractivity contribution in [1.82, 2.24) is 5.06 Å². The second-order valence-electron chi connectivity index (χ2n) is 1.48. The summed E-state index contributed by atoms with van der Waals surface area (Å²) in [6.07, 6.45) is 0. The molecule has 0 spiro atoms. The molecular formula is C4H6ClF2NO2. The molecule has 1 amide bonds. The second kappa shape index (κ2) is 3.12. The van der Waals surface area contributed by atoms with E-state index in [9.17, 15) is 13.6 Å². The van der Waals surface area contributed by atoms with Gasteiger partial charge in [-0.15, -0.1) is 0 Å². The normalized spacial score (nSPS) is 11.3. The predicted octanol–water partition coefficient (Wildman–Crippen LogP) is 0.838. The molecule has 0 saturated carbocycles. The van der Waals surface area contributed by atoms with Crippen LogP contribution in [0.1, 0.15) is 0 Å². The largest absolute Gasteiger partial charge is 0.402 e. The van der Waals surface area contributed by atoms with Crippen molar-refractivity contribution in [3.8, 4) is 0 Å². The van der Waals surface area contributed by atoms with Gasteiger partial charge in [0.15, 0.2) is 0 Å². The van der Waals surface area contributed by atoms with Gasteiger partial charge >= 0.3 is 11.3 Å². The predicted molar refractivity (Wildman–Crippen MR) is 30.6 cm³/mol. The minimum Gasteiger partial charge on any atom is -0.274 e. The summed E-state index contributed by atoms with van der Waals surface area (Å²) in [5.41, 5.74) is 0. The third-order valence-electron chi connectivity index (χ3n) is 0.802. The maximum absolute atomic E-state index is 11.8. The summed E-state index contributed by atoms with van der Waals surface area (Å²) in [7, 11) is 2.12. The van der Waals surface area contributed by atoms with E-state index in [-0.39, 0.29) is 0 Å². The van der Waals surface area contributed by atoms with Crippen LogP contribution in [0.25, 0.3) is 0 Å². The Bertz CT molecular complexity index is 136. The topological polar surface area (TPSA) is 29.5 Å². The highest BCUT2D eigenvalue weighted by molar-refractivity contribution is 6.31. The van der Waals surface area contributed by atoms with E-state index >= 15 is 0 Å². The van der Waals surface area contributed by atoms with Crippen LogP contribution >= 0.6 is 11.6 Å². The summed E-state index contributed by atoms with van der Waals surface area (Å²) in [6, 6.07) is 0. The van der Waals surface area contributed by atoms with E-state index in [4.69, 9.17) is 0 Å². The van der Waals surface area contributed by atoms with Gasteiger partial charge in [-0.25, -0.2) is 5.06 Å². The zero-order valence-corrected chi connectivity index (χ0v) is 6.15. The molecule has 0 aromatic heterocycles. The number of hydroxylamine groups is 2. The summed E-state index contributed by atoms with van der Waals surface area (Å²) < 4.78 is 23.7. The number of carbonyl (C=O) groups excluding carboxylic acids is 1. The van der Waals surface area contributed by atoms with E-state index in [0.29, 0.717) is 5.06 Å². The first kappa shape index (κ1) is 9.58. The average molecular weight is 174 g/mol. The van der Waals surface area contributed by atoms with Crippen LogP contribution in [0.15, 0.2) is 0 Å². The molecule has 0 bridgehead atoms. The molecule has 60 valence electrons. The van der Waals surface area contributed by atoms with Crippen molar-refractivity contribution in [2.45, 2.75) is 5.38 Å². The van der Waals surface area contributed by atoms with E-state index in [1.54, 1.807) is 0 Å². The van der Waals surface area contributed by atoms with Gasteiger partial charge in [0.1, 0.15) is 0 Å². The van der Waals surface area contributed by atoms with E-state index in [0.717, 1.165) is 14.2 Å². The molecule has 0 aliphatic carbocycles. The third kappa shape index (κ3) is 2.45. The minimum atomic E-state index is -3.88. The highest BCUT2D eigenvalue weighted by Crippen LogP contribution is 2.20. The van der Waals surface area contributed by atoms with Crippen LogP contribution in [-0.4, -0.2) is 30.5 Å². The van der Waals surface area contributed by atoms with Crippen molar-refractivity contribution >= 4 is 17.5 Å². The SMILES string of the molecule is CON(C)C(=O)C(F)(F)Cl. The van der Waals surface area contributed by atoms with Gasteiger partial charge in [0.2, 0.25) is 0 Å². The lowest BCUT2D eigenvalue weighted by molar-refractivity contribution is -0.184. The first-order valence-corrected chi connectivity index (χ1v) is 2.66. The molecule has 0 heterocycles. The number of hydrogen-bond donors (Lipinski definition) is 0. The van der Waals surface area contributed by atoms with Crippen LogP contribution in [0.2, 0.25) is 0 Å². The monoisotopic (exact) mass is 173 g/mol. The van der Waals surface area contributed by atoms with E-state index < -0.39 is 11.3 Å². The van der Waals surface area contributed by atoms with Crippen LogP contribution in [-0.2, 0) is 9.63 Å². The van der Waals surface area contributed by atoms with Gasteiger partial charge in [0.05, 0.1) is 7.11 Å². The highest BCUT2D eigenvalue weighted by Gasteiger charge is 2.38. The van der Waals surface area contributed by atoms with Gasteiger partial charge < -0.3 is 0 Å². The lowest BCUT2D eigenvalue weighted by atomic mass is 10.6. The summed E-state index contributed by atoms with van der Waals surface area (Å²) >= 11 is 4.35. The van der Waals surface area contributed by atoms with Gasteiger partial charge in [0.25, 0.3) is 0 Å². The van der Waals surface area contributed by atoms with Crippen LogP contribution < -0.4 is 0 Å². The van der Waals surface area contributed by atoms with Crippen molar-refractivity contribution in [2.24, 2.45) is 0 Å². The van der Waals surface area contributed by atoms with Crippen molar-refractivity contribution in [2.75, 3.05) is 14.2 Å². The molecule has 0 aliphatic heterocycles. The second-order valence-corrected chi connectivity index (χ2v) is 1.96. The Morgan fingerprint density at radius 2 is 2.10 bits per heavy atom. The molecule has 0 aliphatic rings. The first-order valence-electron chi connectivity index (χ1n) is 2.28. The number of rotatable bonds is 2. The molecule has 0 atom stereocenters. The molecule has 0 saturated heterocycles. The van der Waals surface area contributed by atoms with Crippen LogP contribution in [0.5, 0.6) is 0 Å². The summed E-state index contributed by atoms with van der Waals surface area (Å²) in [5.74, 6) is -1.59. The molecule has 0 fully saturated rings. The standard InChI is InChI=1S/C4H6ClF2NO2/c1-8(10-2)3(9)4(5,6)7/h1-2H3. The van der Waals surface area contributed by atoms with Gasteiger partial charge in [0, 0.05) is 7.05 Å². The average Bonchev–Trinajstić information content (AvgIpc) is 1.83. The van der Waals surface area contributed by atoms with Crippen molar-refractivity contribution in [1.29, 1.82) is 0 Å². The van der Waals surface area contributed by atoms with E-state index in [1.807, 2.05) is 0 Å². The Hall–Kier alpha value is -0.420. The quantitative estimate of drug-likeness (QED) is 0.458. The molecular weight excluding hydrogens is 167 g/mol.